The van der Waals surface area contributed by atoms with Crippen molar-refractivity contribution >= 4 is 21.7 Å². The van der Waals surface area contributed by atoms with E-state index in [9.17, 15) is 8.42 Å². The lowest BCUT2D eigenvalue weighted by molar-refractivity contribution is 0.414. The van der Waals surface area contributed by atoms with Gasteiger partial charge in [0.25, 0.3) is 10.0 Å². The first-order chi connectivity index (χ1) is 11.0. The molecule has 124 valence electrons. The molecule has 1 aromatic heterocycles. The van der Waals surface area contributed by atoms with Gasteiger partial charge in [-0.15, -0.1) is 10.2 Å². The lowest BCUT2D eigenvalue weighted by atomic mass is 10.2. The molecule has 8 heteroatoms. The Morgan fingerprint density at radius 1 is 1.13 bits per heavy atom. The van der Waals surface area contributed by atoms with Crippen molar-refractivity contribution in [3.05, 3.63) is 35.9 Å². The molecule has 0 aliphatic heterocycles. The summed E-state index contributed by atoms with van der Waals surface area (Å²) in [7, 11) is -2.19. The summed E-state index contributed by atoms with van der Waals surface area (Å²) in [4.78, 5) is 0.174. The fourth-order valence-electron chi connectivity index (χ4n) is 1.98. The van der Waals surface area contributed by atoms with E-state index in [2.05, 4.69) is 20.2 Å². The molecular weight excluding hydrogens is 316 g/mol. The second-order valence-corrected chi connectivity index (χ2v) is 6.62. The molecular formula is C15H20N4O3S. The summed E-state index contributed by atoms with van der Waals surface area (Å²) in [6.45, 7) is 4.53. The molecule has 7 nitrogen and oxygen atoms in total. The molecule has 0 atom stereocenters. The third-order valence-electron chi connectivity index (χ3n) is 3.13. The van der Waals surface area contributed by atoms with Gasteiger partial charge in [-0.3, -0.25) is 4.72 Å². The van der Waals surface area contributed by atoms with E-state index in [0.717, 1.165) is 13.0 Å². The van der Waals surface area contributed by atoms with E-state index < -0.39 is 10.0 Å². The minimum Gasteiger partial charge on any atom is -0.497 e. The molecule has 0 saturated heterocycles. The molecule has 0 radical (unpaired) electrons. The zero-order valence-corrected chi connectivity index (χ0v) is 14.1. The number of rotatable bonds is 7. The van der Waals surface area contributed by atoms with Crippen LogP contribution >= 0.6 is 0 Å². The first-order valence-corrected chi connectivity index (χ1v) is 8.69. The van der Waals surface area contributed by atoms with Gasteiger partial charge in [0.2, 0.25) is 0 Å². The zero-order chi connectivity index (χ0) is 16.9. The number of hydrogen-bond acceptors (Lipinski definition) is 6. The molecule has 23 heavy (non-hydrogen) atoms. The smallest absolute Gasteiger partial charge is 0.263 e. The fourth-order valence-corrected chi connectivity index (χ4v) is 3.20. The van der Waals surface area contributed by atoms with Crippen molar-refractivity contribution in [1.82, 2.24) is 10.2 Å². The Morgan fingerprint density at radius 2 is 1.83 bits per heavy atom. The predicted molar refractivity (Wildman–Crippen MR) is 89.4 cm³/mol. The summed E-state index contributed by atoms with van der Waals surface area (Å²) in [6, 6.07) is 8.02. The van der Waals surface area contributed by atoms with Crippen LogP contribution in [0.3, 0.4) is 0 Å². The minimum atomic E-state index is -3.73. The summed E-state index contributed by atoms with van der Waals surface area (Å²) in [5.74, 6) is 1.38. The molecule has 0 saturated carbocycles. The van der Waals surface area contributed by atoms with Gasteiger partial charge in [0.05, 0.1) is 12.0 Å². The lowest BCUT2D eigenvalue weighted by Gasteiger charge is -2.11. The maximum atomic E-state index is 12.4. The molecule has 2 rings (SSSR count). The van der Waals surface area contributed by atoms with Crippen LogP contribution in [0.5, 0.6) is 5.75 Å². The molecule has 0 aliphatic carbocycles. The Morgan fingerprint density at radius 3 is 2.39 bits per heavy atom. The zero-order valence-electron chi connectivity index (χ0n) is 13.3. The van der Waals surface area contributed by atoms with E-state index in [4.69, 9.17) is 4.74 Å². The summed E-state index contributed by atoms with van der Waals surface area (Å²) in [5.41, 5.74) is 0.589. The molecule has 2 aromatic rings. The molecule has 0 amide bonds. The van der Waals surface area contributed by atoms with Crippen molar-refractivity contribution in [2.75, 3.05) is 23.7 Å². The SMILES string of the molecule is CCCNc1ccc(NS(=O)(=O)c2ccc(OC)cc2C)nn1. The monoisotopic (exact) mass is 336 g/mol. The van der Waals surface area contributed by atoms with Gasteiger partial charge in [0, 0.05) is 6.54 Å². The second kappa shape index (κ2) is 7.28. The van der Waals surface area contributed by atoms with E-state index in [0.29, 0.717) is 17.1 Å². The quantitative estimate of drug-likeness (QED) is 0.806. The second-order valence-electron chi connectivity index (χ2n) is 4.97. The van der Waals surface area contributed by atoms with Gasteiger partial charge in [-0.05, 0) is 49.2 Å². The van der Waals surface area contributed by atoms with Gasteiger partial charge < -0.3 is 10.1 Å². The van der Waals surface area contributed by atoms with Gasteiger partial charge in [0.1, 0.15) is 11.6 Å². The Balaban J connectivity index is 2.18. The van der Waals surface area contributed by atoms with Crippen molar-refractivity contribution in [2.24, 2.45) is 0 Å². The predicted octanol–water partition coefficient (Wildman–Crippen LogP) is 2.42. The number of aromatic nitrogens is 2. The average Bonchev–Trinajstić information content (AvgIpc) is 2.53. The Bertz CT molecular complexity index is 761. The highest BCUT2D eigenvalue weighted by molar-refractivity contribution is 7.92. The molecule has 0 fully saturated rings. The number of anilines is 2. The van der Waals surface area contributed by atoms with Crippen molar-refractivity contribution < 1.29 is 13.2 Å². The molecule has 1 aromatic carbocycles. The maximum absolute atomic E-state index is 12.4. The van der Waals surface area contributed by atoms with E-state index in [1.165, 1.54) is 13.2 Å². The van der Waals surface area contributed by atoms with E-state index >= 15 is 0 Å². The highest BCUT2D eigenvalue weighted by Crippen LogP contribution is 2.22. The van der Waals surface area contributed by atoms with Gasteiger partial charge >= 0.3 is 0 Å². The van der Waals surface area contributed by atoms with Gasteiger partial charge in [-0.25, -0.2) is 8.42 Å². The van der Waals surface area contributed by atoms with Crippen LogP contribution in [0.2, 0.25) is 0 Å². The molecule has 0 spiro atoms. The Labute approximate surface area is 136 Å². The Kier molecular flexibility index (Phi) is 5.38. The molecule has 2 N–H and O–H groups in total. The normalized spacial score (nSPS) is 11.1. The van der Waals surface area contributed by atoms with E-state index in [-0.39, 0.29) is 10.7 Å². The van der Waals surface area contributed by atoms with Crippen LogP contribution < -0.4 is 14.8 Å². The fraction of sp³-hybridized carbons (Fsp3) is 0.333. The van der Waals surface area contributed by atoms with Crippen LogP contribution in [0.25, 0.3) is 0 Å². The first-order valence-electron chi connectivity index (χ1n) is 7.21. The van der Waals surface area contributed by atoms with Crippen molar-refractivity contribution in [2.45, 2.75) is 25.2 Å². The largest absolute Gasteiger partial charge is 0.497 e. The molecule has 0 aliphatic rings. The average molecular weight is 336 g/mol. The number of aryl methyl sites for hydroxylation is 1. The summed E-state index contributed by atoms with van der Waals surface area (Å²) in [6.07, 6.45) is 0.965. The van der Waals surface area contributed by atoms with Crippen LogP contribution in [0, 0.1) is 6.92 Å². The summed E-state index contributed by atoms with van der Waals surface area (Å²) in [5, 5.41) is 10.9. The number of sulfonamides is 1. The highest BCUT2D eigenvalue weighted by atomic mass is 32.2. The molecule has 1 heterocycles. The number of hydrogen-bond donors (Lipinski definition) is 2. The number of nitrogens with one attached hydrogen (secondary N) is 2. The number of ether oxygens (including phenoxy) is 1. The standard InChI is InChI=1S/C15H20N4O3S/c1-4-9-16-14-7-8-15(18-17-14)19-23(20,21)13-6-5-12(22-3)10-11(13)2/h5-8,10H,4,9H2,1-3H3,(H,16,17)(H,18,19). The number of methoxy groups -OCH3 is 1. The van der Waals surface area contributed by atoms with Crippen LogP contribution in [0.15, 0.2) is 35.2 Å². The van der Waals surface area contributed by atoms with E-state index in [1.807, 2.05) is 6.92 Å². The van der Waals surface area contributed by atoms with Crippen molar-refractivity contribution in [3.8, 4) is 5.75 Å². The lowest BCUT2D eigenvalue weighted by Crippen LogP contribution is -2.16. The first kappa shape index (κ1) is 17.0. The highest BCUT2D eigenvalue weighted by Gasteiger charge is 2.18. The van der Waals surface area contributed by atoms with Crippen molar-refractivity contribution in [1.29, 1.82) is 0 Å². The minimum absolute atomic E-state index is 0.169. The maximum Gasteiger partial charge on any atom is 0.263 e. The third kappa shape index (κ3) is 4.32. The van der Waals surface area contributed by atoms with Gasteiger partial charge in [0.15, 0.2) is 5.82 Å². The van der Waals surface area contributed by atoms with Gasteiger partial charge in [-0.2, -0.15) is 0 Å². The summed E-state index contributed by atoms with van der Waals surface area (Å²) >= 11 is 0. The van der Waals surface area contributed by atoms with Crippen LogP contribution in [-0.4, -0.2) is 32.3 Å². The van der Waals surface area contributed by atoms with Crippen molar-refractivity contribution in [3.63, 3.8) is 0 Å². The third-order valence-corrected chi connectivity index (χ3v) is 4.65. The molecule has 0 unspecified atom stereocenters. The summed E-state index contributed by atoms with van der Waals surface area (Å²) < 4.78 is 32.4. The van der Waals surface area contributed by atoms with Crippen LogP contribution in [0.4, 0.5) is 11.6 Å². The topological polar surface area (TPSA) is 93.2 Å². The number of nitrogens with zero attached hydrogens (tertiary/aromatic N) is 2. The van der Waals surface area contributed by atoms with Gasteiger partial charge in [-0.1, -0.05) is 6.92 Å². The Hall–Kier alpha value is -2.35. The van der Waals surface area contributed by atoms with Crippen LogP contribution in [-0.2, 0) is 10.0 Å². The molecule has 0 bridgehead atoms. The number of benzene rings is 1. The van der Waals surface area contributed by atoms with Crippen LogP contribution in [0.1, 0.15) is 18.9 Å². The van der Waals surface area contributed by atoms with E-state index in [1.54, 1.807) is 31.2 Å².